The molecule has 1 atom stereocenters. The van der Waals surface area contributed by atoms with E-state index in [4.69, 9.17) is 0 Å². The Morgan fingerprint density at radius 1 is 1.03 bits per heavy atom. The van der Waals surface area contributed by atoms with E-state index in [0.29, 0.717) is 22.9 Å². The van der Waals surface area contributed by atoms with Crippen LogP contribution in [0.3, 0.4) is 0 Å². The van der Waals surface area contributed by atoms with Crippen molar-refractivity contribution < 1.29 is 4.79 Å². The molecular formula is C21H21N5O3. The molecule has 1 amide bonds. The number of amides is 1. The fraction of sp³-hybridized carbons (Fsp3) is 0.286. The molecule has 2 heterocycles. The summed E-state index contributed by atoms with van der Waals surface area (Å²) in [4.78, 5) is 36.7. The highest BCUT2D eigenvalue weighted by Crippen LogP contribution is 2.38. The maximum Gasteiger partial charge on any atom is 0.267 e. The lowest BCUT2D eigenvalue weighted by Gasteiger charge is -2.16. The van der Waals surface area contributed by atoms with Crippen molar-refractivity contribution >= 4 is 11.6 Å². The summed E-state index contributed by atoms with van der Waals surface area (Å²) in [5, 5.41) is 11.5. The molecule has 2 aromatic heterocycles. The van der Waals surface area contributed by atoms with Crippen LogP contribution < -0.4 is 16.4 Å². The second-order valence-corrected chi connectivity index (χ2v) is 7.21. The van der Waals surface area contributed by atoms with Crippen LogP contribution in [-0.4, -0.2) is 25.5 Å². The molecule has 0 saturated heterocycles. The molecule has 1 unspecified atom stereocenters. The highest BCUT2D eigenvalue weighted by atomic mass is 16.2. The molecule has 1 N–H and O–H groups in total. The third-order valence-electron chi connectivity index (χ3n) is 5.01. The summed E-state index contributed by atoms with van der Waals surface area (Å²) in [7, 11) is 1.57. The first-order valence-electron chi connectivity index (χ1n) is 9.48. The predicted octanol–water partition coefficient (Wildman–Crippen LogP) is 2.08. The Bertz CT molecular complexity index is 1190. The van der Waals surface area contributed by atoms with Gasteiger partial charge in [0.1, 0.15) is 6.04 Å². The maximum absolute atomic E-state index is 12.9. The first-order chi connectivity index (χ1) is 13.9. The molecule has 1 aromatic carbocycles. The second kappa shape index (κ2) is 7.46. The highest BCUT2D eigenvalue weighted by Gasteiger charge is 2.27. The minimum atomic E-state index is -0.776. The Morgan fingerprint density at radius 3 is 2.48 bits per heavy atom. The van der Waals surface area contributed by atoms with Gasteiger partial charge in [-0.05, 0) is 38.0 Å². The second-order valence-electron chi connectivity index (χ2n) is 7.21. The zero-order chi connectivity index (χ0) is 20.5. The van der Waals surface area contributed by atoms with E-state index in [1.165, 1.54) is 21.5 Å². The molecule has 0 aliphatic heterocycles. The average Bonchev–Trinajstić information content (AvgIpc) is 3.56. The van der Waals surface area contributed by atoms with E-state index in [0.717, 1.165) is 18.5 Å². The van der Waals surface area contributed by atoms with Crippen LogP contribution >= 0.6 is 0 Å². The monoisotopic (exact) mass is 391 g/mol. The van der Waals surface area contributed by atoms with Gasteiger partial charge in [-0.25, -0.2) is 9.36 Å². The molecule has 0 bridgehead atoms. The lowest BCUT2D eigenvalue weighted by molar-refractivity contribution is -0.119. The molecule has 0 spiro atoms. The number of rotatable bonds is 5. The van der Waals surface area contributed by atoms with E-state index in [2.05, 4.69) is 15.5 Å². The van der Waals surface area contributed by atoms with E-state index in [-0.39, 0.29) is 17.0 Å². The summed E-state index contributed by atoms with van der Waals surface area (Å²) in [6, 6.07) is 12.7. The average molecular weight is 391 g/mol. The summed E-state index contributed by atoms with van der Waals surface area (Å²) in [5.74, 6) is 0.0263. The standard InChI is InChI=1S/C21H21N5O3/c1-13(26-20(28)12-9-16(24-26)14-7-8-14)21(29)22-17-6-4-3-5-15(17)18-10-11-19(27)25(2)23-18/h3-6,9-14H,7-8H2,1-2H3,(H,22,29). The number of carbonyl (C=O) groups excluding carboxylic acids is 1. The van der Waals surface area contributed by atoms with Crippen LogP contribution in [0, 0.1) is 0 Å². The van der Waals surface area contributed by atoms with Crippen molar-refractivity contribution in [2.45, 2.75) is 31.7 Å². The number of anilines is 1. The van der Waals surface area contributed by atoms with Crippen LogP contribution in [0.4, 0.5) is 5.69 Å². The van der Waals surface area contributed by atoms with Gasteiger partial charge in [-0.2, -0.15) is 10.2 Å². The van der Waals surface area contributed by atoms with Gasteiger partial charge in [0.05, 0.1) is 17.1 Å². The fourth-order valence-corrected chi connectivity index (χ4v) is 3.12. The molecule has 8 heteroatoms. The molecule has 8 nitrogen and oxygen atoms in total. The summed E-state index contributed by atoms with van der Waals surface area (Å²) in [5.41, 5.74) is 2.09. The quantitative estimate of drug-likeness (QED) is 0.718. The molecule has 0 radical (unpaired) electrons. The van der Waals surface area contributed by atoms with E-state index in [9.17, 15) is 14.4 Å². The Labute approximate surface area is 166 Å². The maximum atomic E-state index is 12.9. The van der Waals surface area contributed by atoms with Crippen molar-refractivity contribution in [2.24, 2.45) is 7.05 Å². The van der Waals surface area contributed by atoms with Crippen LogP contribution in [-0.2, 0) is 11.8 Å². The van der Waals surface area contributed by atoms with E-state index in [1.807, 2.05) is 12.1 Å². The highest BCUT2D eigenvalue weighted by molar-refractivity contribution is 5.97. The molecule has 1 fully saturated rings. The van der Waals surface area contributed by atoms with Gasteiger partial charge in [0.2, 0.25) is 5.91 Å². The number of aryl methyl sites for hydroxylation is 1. The smallest absolute Gasteiger partial charge is 0.267 e. The van der Waals surface area contributed by atoms with Crippen LogP contribution in [0.5, 0.6) is 0 Å². The Kier molecular flexibility index (Phi) is 4.84. The van der Waals surface area contributed by atoms with Crippen molar-refractivity contribution in [3.8, 4) is 11.3 Å². The minimum Gasteiger partial charge on any atom is -0.324 e. The summed E-state index contributed by atoms with van der Waals surface area (Å²) in [6.07, 6.45) is 2.12. The number of nitrogens with one attached hydrogen (secondary N) is 1. The molecular weight excluding hydrogens is 370 g/mol. The molecule has 1 aliphatic carbocycles. The van der Waals surface area contributed by atoms with Gasteiger partial charge >= 0.3 is 0 Å². The summed E-state index contributed by atoms with van der Waals surface area (Å²) in [6.45, 7) is 1.65. The van der Waals surface area contributed by atoms with Gasteiger partial charge in [-0.15, -0.1) is 0 Å². The van der Waals surface area contributed by atoms with Gasteiger partial charge in [0.25, 0.3) is 11.1 Å². The van der Waals surface area contributed by atoms with E-state index < -0.39 is 6.04 Å². The first kappa shape index (κ1) is 18.8. The Balaban J connectivity index is 1.62. The summed E-state index contributed by atoms with van der Waals surface area (Å²) < 4.78 is 2.47. The van der Waals surface area contributed by atoms with E-state index >= 15 is 0 Å². The van der Waals surface area contributed by atoms with Gasteiger partial charge in [0.15, 0.2) is 0 Å². The largest absolute Gasteiger partial charge is 0.324 e. The van der Waals surface area contributed by atoms with Crippen LogP contribution in [0.2, 0.25) is 0 Å². The SMILES string of the molecule is CC(C(=O)Nc1ccccc1-c1ccc(=O)n(C)n1)n1nc(C2CC2)ccc1=O. The molecule has 3 aromatic rings. The van der Waals surface area contributed by atoms with Crippen molar-refractivity contribution in [3.05, 3.63) is 74.9 Å². The number of carbonyl (C=O) groups is 1. The van der Waals surface area contributed by atoms with Crippen molar-refractivity contribution in [1.82, 2.24) is 19.6 Å². The molecule has 148 valence electrons. The third kappa shape index (κ3) is 3.87. The zero-order valence-electron chi connectivity index (χ0n) is 16.2. The summed E-state index contributed by atoms with van der Waals surface area (Å²) >= 11 is 0. The van der Waals surface area contributed by atoms with Gasteiger partial charge in [-0.3, -0.25) is 14.4 Å². The van der Waals surface area contributed by atoms with Crippen LogP contribution in [0.15, 0.2) is 58.1 Å². The van der Waals surface area contributed by atoms with Gasteiger partial charge in [-0.1, -0.05) is 18.2 Å². The molecule has 29 heavy (non-hydrogen) atoms. The van der Waals surface area contributed by atoms with Crippen LogP contribution in [0.25, 0.3) is 11.3 Å². The minimum absolute atomic E-state index is 0.218. The number of hydrogen-bond acceptors (Lipinski definition) is 5. The first-order valence-corrected chi connectivity index (χ1v) is 9.48. The van der Waals surface area contributed by atoms with Gasteiger partial charge in [0, 0.05) is 30.7 Å². The van der Waals surface area contributed by atoms with E-state index in [1.54, 1.807) is 38.2 Å². The predicted molar refractivity (Wildman–Crippen MR) is 109 cm³/mol. The number of hydrogen-bond donors (Lipinski definition) is 1. The Hall–Kier alpha value is -3.55. The molecule has 1 saturated carbocycles. The molecule has 4 rings (SSSR count). The normalized spacial score (nSPS) is 14.4. The lowest BCUT2D eigenvalue weighted by Crippen LogP contribution is -2.33. The van der Waals surface area contributed by atoms with Crippen molar-refractivity contribution in [3.63, 3.8) is 0 Å². The number of benzene rings is 1. The zero-order valence-corrected chi connectivity index (χ0v) is 16.2. The van der Waals surface area contributed by atoms with Crippen molar-refractivity contribution in [2.75, 3.05) is 5.32 Å². The number of aromatic nitrogens is 4. The lowest BCUT2D eigenvalue weighted by atomic mass is 10.1. The van der Waals surface area contributed by atoms with Crippen LogP contribution in [0.1, 0.15) is 37.4 Å². The number of para-hydroxylation sites is 1. The third-order valence-corrected chi connectivity index (χ3v) is 5.01. The number of nitrogens with zero attached hydrogens (tertiary/aromatic N) is 4. The van der Waals surface area contributed by atoms with Gasteiger partial charge < -0.3 is 5.32 Å². The Morgan fingerprint density at radius 2 is 1.76 bits per heavy atom. The fourth-order valence-electron chi connectivity index (χ4n) is 3.12. The van der Waals surface area contributed by atoms with Crippen molar-refractivity contribution in [1.29, 1.82) is 0 Å². The molecule has 1 aliphatic rings. The topological polar surface area (TPSA) is 98.9 Å².